The van der Waals surface area contributed by atoms with Crippen LogP contribution < -0.4 is 15.4 Å². The van der Waals surface area contributed by atoms with Crippen LogP contribution in [0.5, 0.6) is 5.75 Å². The van der Waals surface area contributed by atoms with E-state index in [1.54, 1.807) is 6.08 Å². The molecule has 1 heterocycles. The van der Waals surface area contributed by atoms with Crippen LogP contribution in [0.15, 0.2) is 54.3 Å². The lowest BCUT2D eigenvalue weighted by molar-refractivity contribution is 0.0668. The van der Waals surface area contributed by atoms with Crippen molar-refractivity contribution in [3.8, 4) is 5.75 Å². The molecule has 0 unspecified atom stereocenters. The summed E-state index contributed by atoms with van der Waals surface area (Å²) in [5.41, 5.74) is 0.917. The van der Waals surface area contributed by atoms with Gasteiger partial charge in [-0.3, -0.25) is 4.57 Å². The summed E-state index contributed by atoms with van der Waals surface area (Å²) >= 11 is 0. The normalized spacial score (nSPS) is 11.5. The van der Waals surface area contributed by atoms with Gasteiger partial charge in [-0.2, -0.15) is 8.78 Å². The molecule has 0 saturated heterocycles. The Balaban J connectivity index is 2.05. The van der Waals surface area contributed by atoms with Crippen molar-refractivity contribution in [3.63, 3.8) is 0 Å². The van der Waals surface area contributed by atoms with E-state index in [2.05, 4.69) is 27.2 Å². The van der Waals surface area contributed by atoms with Gasteiger partial charge in [-0.05, 0) is 13.0 Å². The molecule has 0 fully saturated rings. The minimum absolute atomic E-state index is 0.137. The van der Waals surface area contributed by atoms with Gasteiger partial charge in [0.1, 0.15) is 18.2 Å². The lowest BCUT2D eigenvalue weighted by Gasteiger charge is -2.13. The van der Waals surface area contributed by atoms with E-state index in [0.717, 1.165) is 15.9 Å². The fourth-order valence-corrected chi connectivity index (χ4v) is 2.25. The summed E-state index contributed by atoms with van der Waals surface area (Å²) in [6.45, 7) is 4.52. The second-order valence-electron chi connectivity index (χ2n) is 5.28. The first-order valence-electron chi connectivity index (χ1n) is 8.29. The maximum absolute atomic E-state index is 12.9. The van der Waals surface area contributed by atoms with E-state index in [0.29, 0.717) is 25.7 Å². The monoisotopic (exact) mass is 363 g/mol. The van der Waals surface area contributed by atoms with E-state index in [1.807, 2.05) is 31.2 Å². The van der Waals surface area contributed by atoms with Gasteiger partial charge in [0.2, 0.25) is 0 Å². The first-order chi connectivity index (χ1) is 12.7. The number of aliphatic imine (C=N–C) groups is 1. The van der Waals surface area contributed by atoms with Crippen LogP contribution in [0.3, 0.4) is 0 Å². The number of halogens is 2. The quantitative estimate of drug-likeness (QED) is 0.408. The molecule has 26 heavy (non-hydrogen) atoms. The molecule has 2 N–H and O–H groups in total. The first-order valence-corrected chi connectivity index (χ1v) is 8.29. The number of nitrogens with zero attached hydrogens (tertiary/aromatic N) is 3. The number of hydrogen-bond donors (Lipinski definition) is 2. The highest BCUT2D eigenvalue weighted by Gasteiger charge is 2.11. The third-order valence-corrected chi connectivity index (χ3v) is 3.45. The predicted octanol–water partition coefficient (Wildman–Crippen LogP) is 3.10. The molecule has 1 aromatic carbocycles. The average Bonchev–Trinajstić information content (AvgIpc) is 3.12. The Bertz CT molecular complexity index is 730. The van der Waals surface area contributed by atoms with Gasteiger partial charge in [0.05, 0.1) is 13.1 Å². The number of ether oxygens (including phenoxy) is 1. The van der Waals surface area contributed by atoms with Gasteiger partial charge >= 0.3 is 6.55 Å². The maximum atomic E-state index is 12.9. The summed E-state index contributed by atoms with van der Waals surface area (Å²) in [4.78, 5) is 8.43. The fraction of sp³-hybridized carbons (Fsp3) is 0.333. The van der Waals surface area contributed by atoms with Crippen molar-refractivity contribution < 1.29 is 13.5 Å². The second kappa shape index (κ2) is 10.2. The number of imidazole rings is 1. The third kappa shape index (κ3) is 5.58. The molecule has 8 heteroatoms. The van der Waals surface area contributed by atoms with Crippen LogP contribution in [0.25, 0.3) is 0 Å². The lowest BCUT2D eigenvalue weighted by atomic mass is 10.2. The minimum atomic E-state index is -2.62. The van der Waals surface area contributed by atoms with E-state index in [4.69, 9.17) is 4.74 Å². The molecular weight excluding hydrogens is 340 g/mol. The van der Waals surface area contributed by atoms with Crippen LogP contribution in [0, 0.1) is 0 Å². The fourth-order valence-electron chi connectivity index (χ4n) is 2.25. The molecule has 0 bridgehead atoms. The minimum Gasteiger partial charge on any atom is -0.489 e. The molecule has 0 aliphatic heterocycles. The number of hydrogen-bond acceptors (Lipinski definition) is 3. The molecule has 2 rings (SSSR count). The Morgan fingerprint density at radius 3 is 2.92 bits per heavy atom. The molecule has 1 aromatic heterocycles. The van der Waals surface area contributed by atoms with Crippen molar-refractivity contribution in [1.82, 2.24) is 20.2 Å². The van der Waals surface area contributed by atoms with Crippen LogP contribution in [0.4, 0.5) is 8.78 Å². The van der Waals surface area contributed by atoms with Crippen molar-refractivity contribution in [3.05, 3.63) is 60.7 Å². The molecule has 0 radical (unpaired) electrons. The van der Waals surface area contributed by atoms with Gasteiger partial charge in [0, 0.05) is 24.5 Å². The van der Waals surface area contributed by atoms with Crippen LogP contribution in [-0.4, -0.2) is 28.7 Å². The number of aromatic nitrogens is 2. The molecule has 0 saturated carbocycles. The highest BCUT2D eigenvalue weighted by molar-refractivity contribution is 5.79. The largest absolute Gasteiger partial charge is 0.489 e. The molecular formula is C18H23F2N5O. The van der Waals surface area contributed by atoms with E-state index in [1.165, 1.54) is 12.4 Å². The van der Waals surface area contributed by atoms with Crippen molar-refractivity contribution >= 4 is 5.96 Å². The van der Waals surface area contributed by atoms with E-state index < -0.39 is 6.55 Å². The summed E-state index contributed by atoms with van der Waals surface area (Å²) in [6.07, 6.45) is 4.27. The predicted molar refractivity (Wildman–Crippen MR) is 97.3 cm³/mol. The summed E-state index contributed by atoms with van der Waals surface area (Å²) in [7, 11) is 0. The van der Waals surface area contributed by atoms with Crippen LogP contribution in [0.1, 0.15) is 24.9 Å². The Labute approximate surface area is 151 Å². The SMILES string of the molecule is C=CCOc1ccccc1CN=C(NCC)NCc1nccn1C(F)F. The van der Waals surface area contributed by atoms with E-state index in [9.17, 15) is 8.78 Å². The van der Waals surface area contributed by atoms with Gasteiger partial charge in [0.15, 0.2) is 5.96 Å². The Morgan fingerprint density at radius 2 is 2.19 bits per heavy atom. The molecule has 0 aliphatic carbocycles. The number of alkyl halides is 2. The Morgan fingerprint density at radius 1 is 1.38 bits per heavy atom. The van der Waals surface area contributed by atoms with Crippen molar-refractivity contribution in [2.24, 2.45) is 4.99 Å². The molecule has 0 amide bonds. The number of nitrogens with one attached hydrogen (secondary N) is 2. The third-order valence-electron chi connectivity index (χ3n) is 3.45. The summed E-state index contributed by atoms with van der Waals surface area (Å²) in [5.74, 6) is 1.48. The summed E-state index contributed by atoms with van der Waals surface area (Å²) in [6, 6.07) is 7.59. The number of benzene rings is 1. The van der Waals surface area contributed by atoms with Crippen molar-refractivity contribution in [2.75, 3.05) is 13.2 Å². The summed E-state index contributed by atoms with van der Waals surface area (Å²) < 4.78 is 32.2. The number of rotatable bonds is 9. The standard InChI is InChI=1S/C18H23F2N5O/c1-3-11-26-15-8-6-5-7-14(15)12-23-18(21-4-2)24-13-16-22-9-10-25(16)17(19)20/h3,5-10,17H,1,4,11-13H2,2H3,(H2,21,23,24). The van der Waals surface area contributed by atoms with Gasteiger partial charge in [-0.25, -0.2) is 9.98 Å². The van der Waals surface area contributed by atoms with Gasteiger partial charge in [-0.15, -0.1) is 0 Å². The topological polar surface area (TPSA) is 63.5 Å². The second-order valence-corrected chi connectivity index (χ2v) is 5.28. The van der Waals surface area contributed by atoms with Crippen molar-refractivity contribution in [2.45, 2.75) is 26.6 Å². The smallest absolute Gasteiger partial charge is 0.319 e. The van der Waals surface area contributed by atoms with Gasteiger partial charge in [-0.1, -0.05) is 30.9 Å². The van der Waals surface area contributed by atoms with Gasteiger partial charge < -0.3 is 15.4 Å². The average molecular weight is 363 g/mol. The maximum Gasteiger partial charge on any atom is 0.319 e. The summed E-state index contributed by atoms with van der Waals surface area (Å²) in [5, 5.41) is 6.10. The Hall–Kier alpha value is -2.90. The van der Waals surface area contributed by atoms with Crippen LogP contribution >= 0.6 is 0 Å². The zero-order chi connectivity index (χ0) is 18.8. The molecule has 0 spiro atoms. The first kappa shape index (κ1) is 19.4. The van der Waals surface area contributed by atoms with Crippen molar-refractivity contribution in [1.29, 1.82) is 0 Å². The Kier molecular flexibility index (Phi) is 7.60. The molecule has 0 atom stereocenters. The highest BCUT2D eigenvalue weighted by Crippen LogP contribution is 2.19. The highest BCUT2D eigenvalue weighted by atomic mass is 19.3. The molecule has 0 aliphatic rings. The van der Waals surface area contributed by atoms with Crippen LogP contribution in [0.2, 0.25) is 0 Å². The zero-order valence-electron chi connectivity index (χ0n) is 14.7. The number of guanidine groups is 1. The van der Waals surface area contributed by atoms with E-state index in [-0.39, 0.29) is 12.4 Å². The molecule has 140 valence electrons. The van der Waals surface area contributed by atoms with E-state index >= 15 is 0 Å². The van der Waals surface area contributed by atoms with Crippen LogP contribution in [-0.2, 0) is 13.1 Å². The number of para-hydroxylation sites is 1. The lowest BCUT2D eigenvalue weighted by Crippen LogP contribution is -2.37. The van der Waals surface area contributed by atoms with Gasteiger partial charge in [0.25, 0.3) is 0 Å². The molecule has 2 aromatic rings. The molecule has 6 nitrogen and oxygen atoms in total. The zero-order valence-corrected chi connectivity index (χ0v) is 14.7.